The van der Waals surface area contributed by atoms with Gasteiger partial charge in [-0.2, -0.15) is 13.2 Å². The minimum atomic E-state index is -4.33. The fourth-order valence-electron chi connectivity index (χ4n) is 2.11. The van der Waals surface area contributed by atoms with E-state index in [1.54, 1.807) is 0 Å². The van der Waals surface area contributed by atoms with Gasteiger partial charge in [-0.25, -0.2) is 0 Å². The molecule has 0 radical (unpaired) electrons. The third-order valence-corrected chi connectivity index (χ3v) is 3.14. The molecule has 100 valence electrons. The summed E-state index contributed by atoms with van der Waals surface area (Å²) < 4.78 is 42.6. The van der Waals surface area contributed by atoms with E-state index in [4.69, 9.17) is 4.74 Å². The first-order valence-electron chi connectivity index (χ1n) is 5.99. The summed E-state index contributed by atoms with van der Waals surface area (Å²) >= 11 is 0. The van der Waals surface area contributed by atoms with Crippen LogP contribution in [0.3, 0.4) is 0 Å². The second-order valence-electron chi connectivity index (χ2n) is 4.53. The van der Waals surface area contributed by atoms with Gasteiger partial charge in [0.05, 0.1) is 11.7 Å². The Kier molecular flexibility index (Phi) is 3.80. The van der Waals surface area contributed by atoms with Gasteiger partial charge in [0.2, 0.25) is 0 Å². The number of ether oxygens (including phenoxy) is 1. The van der Waals surface area contributed by atoms with E-state index in [2.05, 4.69) is 0 Å². The summed E-state index contributed by atoms with van der Waals surface area (Å²) in [5.74, 6) is 0.369. The summed E-state index contributed by atoms with van der Waals surface area (Å²) in [7, 11) is 0. The summed E-state index contributed by atoms with van der Waals surface area (Å²) in [6.45, 7) is 0. The van der Waals surface area contributed by atoms with Crippen LogP contribution in [-0.2, 0) is 6.18 Å². The molecule has 0 bridgehead atoms. The highest BCUT2D eigenvalue weighted by Gasteiger charge is 2.30. The molecule has 1 aliphatic carbocycles. The minimum absolute atomic E-state index is 0.310. The molecule has 1 aromatic rings. The van der Waals surface area contributed by atoms with Crippen LogP contribution in [0.1, 0.15) is 31.2 Å². The first-order valence-corrected chi connectivity index (χ1v) is 5.99. The maximum atomic E-state index is 12.4. The molecule has 0 saturated heterocycles. The van der Waals surface area contributed by atoms with E-state index >= 15 is 0 Å². The molecule has 2 nitrogen and oxygen atoms in total. The van der Waals surface area contributed by atoms with Crippen LogP contribution in [-0.4, -0.2) is 17.3 Å². The molecule has 1 saturated carbocycles. The highest BCUT2D eigenvalue weighted by atomic mass is 19.4. The number of hydrogen-bond donors (Lipinski definition) is 1. The molecule has 0 aromatic heterocycles. The van der Waals surface area contributed by atoms with Gasteiger partial charge in [0, 0.05) is 0 Å². The summed E-state index contributed by atoms with van der Waals surface area (Å²) in [6.07, 6.45) is -1.80. The van der Waals surface area contributed by atoms with Crippen molar-refractivity contribution in [3.8, 4) is 5.75 Å². The monoisotopic (exact) mass is 260 g/mol. The molecule has 0 amide bonds. The molecule has 1 N–H and O–H groups in total. The molecule has 0 heterocycles. The topological polar surface area (TPSA) is 29.5 Å². The molecule has 0 unspecified atom stereocenters. The van der Waals surface area contributed by atoms with Crippen LogP contribution in [0.25, 0.3) is 0 Å². The van der Waals surface area contributed by atoms with Crippen molar-refractivity contribution in [2.24, 2.45) is 0 Å². The number of rotatable bonds is 2. The van der Waals surface area contributed by atoms with Crippen LogP contribution in [0.4, 0.5) is 13.2 Å². The standard InChI is InChI=1S/C13H15F3O2/c14-13(15,16)9-5-7-10(8-6-9)18-12-4-2-1-3-11(12)17/h5-8,11-12,17H,1-4H2/t11-,12-/m1/s1. The Hall–Kier alpha value is -1.23. The van der Waals surface area contributed by atoms with Gasteiger partial charge in [-0.1, -0.05) is 6.42 Å². The van der Waals surface area contributed by atoms with Crippen molar-refractivity contribution >= 4 is 0 Å². The van der Waals surface area contributed by atoms with Crippen LogP contribution in [0.15, 0.2) is 24.3 Å². The van der Waals surface area contributed by atoms with Crippen molar-refractivity contribution in [2.75, 3.05) is 0 Å². The fourth-order valence-corrected chi connectivity index (χ4v) is 2.11. The first kappa shape index (κ1) is 13.2. The molecule has 1 aliphatic rings. The number of aliphatic hydroxyl groups excluding tert-OH is 1. The van der Waals surface area contributed by atoms with E-state index in [0.717, 1.165) is 31.4 Å². The highest BCUT2D eigenvalue weighted by Crippen LogP contribution is 2.31. The third-order valence-electron chi connectivity index (χ3n) is 3.14. The van der Waals surface area contributed by atoms with Gasteiger partial charge in [0.15, 0.2) is 0 Å². The highest BCUT2D eigenvalue weighted by molar-refractivity contribution is 5.29. The summed E-state index contributed by atoms with van der Waals surface area (Å²) in [5, 5.41) is 9.71. The molecule has 2 atom stereocenters. The van der Waals surface area contributed by atoms with Gasteiger partial charge >= 0.3 is 6.18 Å². The van der Waals surface area contributed by atoms with Gasteiger partial charge in [-0.05, 0) is 43.5 Å². The number of aliphatic hydroxyl groups is 1. The molecule has 0 spiro atoms. The Morgan fingerprint density at radius 1 is 1.06 bits per heavy atom. The fraction of sp³-hybridized carbons (Fsp3) is 0.538. The molecular weight excluding hydrogens is 245 g/mol. The Morgan fingerprint density at radius 2 is 1.67 bits per heavy atom. The SMILES string of the molecule is O[C@@H]1CCCC[C@H]1Oc1ccc(C(F)(F)F)cc1. The van der Waals surface area contributed by atoms with Crippen LogP contribution < -0.4 is 4.74 Å². The van der Waals surface area contributed by atoms with E-state index in [-0.39, 0.29) is 6.10 Å². The lowest BCUT2D eigenvalue weighted by atomic mass is 9.95. The maximum absolute atomic E-state index is 12.4. The smallest absolute Gasteiger partial charge is 0.416 e. The van der Waals surface area contributed by atoms with E-state index < -0.39 is 17.8 Å². The van der Waals surface area contributed by atoms with Crippen LogP contribution >= 0.6 is 0 Å². The Labute approximate surface area is 103 Å². The normalized spacial score (nSPS) is 24.9. The van der Waals surface area contributed by atoms with Crippen molar-refractivity contribution in [1.82, 2.24) is 0 Å². The molecule has 2 rings (SSSR count). The van der Waals surface area contributed by atoms with Gasteiger partial charge in [0.25, 0.3) is 0 Å². The minimum Gasteiger partial charge on any atom is -0.488 e. The average Bonchev–Trinajstić information content (AvgIpc) is 2.32. The van der Waals surface area contributed by atoms with Crippen LogP contribution in [0, 0.1) is 0 Å². The van der Waals surface area contributed by atoms with Gasteiger partial charge in [-0.3, -0.25) is 0 Å². The zero-order valence-electron chi connectivity index (χ0n) is 9.78. The Bertz CT molecular complexity index is 386. The number of alkyl halides is 3. The van der Waals surface area contributed by atoms with Crippen molar-refractivity contribution in [3.05, 3.63) is 29.8 Å². The zero-order valence-corrected chi connectivity index (χ0v) is 9.78. The molecule has 0 aliphatic heterocycles. The Balaban J connectivity index is 2.02. The average molecular weight is 260 g/mol. The van der Waals surface area contributed by atoms with E-state index in [1.807, 2.05) is 0 Å². The largest absolute Gasteiger partial charge is 0.488 e. The lowest BCUT2D eigenvalue weighted by Crippen LogP contribution is -2.34. The van der Waals surface area contributed by atoms with Gasteiger partial charge in [0.1, 0.15) is 11.9 Å². The van der Waals surface area contributed by atoms with Crippen molar-refractivity contribution in [1.29, 1.82) is 0 Å². The number of benzene rings is 1. The van der Waals surface area contributed by atoms with Crippen LogP contribution in [0.5, 0.6) is 5.75 Å². The lowest BCUT2D eigenvalue weighted by molar-refractivity contribution is -0.137. The zero-order chi connectivity index (χ0) is 13.2. The van der Waals surface area contributed by atoms with E-state index in [1.165, 1.54) is 12.1 Å². The summed E-state index contributed by atoms with van der Waals surface area (Å²) in [4.78, 5) is 0. The second-order valence-corrected chi connectivity index (χ2v) is 4.53. The van der Waals surface area contributed by atoms with Gasteiger partial charge < -0.3 is 9.84 Å². The predicted octanol–water partition coefficient (Wildman–Crippen LogP) is 3.39. The van der Waals surface area contributed by atoms with Crippen molar-refractivity contribution < 1.29 is 23.0 Å². The predicted molar refractivity (Wildman–Crippen MR) is 60.3 cm³/mol. The molecule has 1 fully saturated rings. The summed E-state index contributed by atoms with van der Waals surface area (Å²) in [5.41, 5.74) is -0.695. The van der Waals surface area contributed by atoms with E-state index in [0.29, 0.717) is 12.2 Å². The third kappa shape index (κ3) is 3.16. The molecular formula is C13H15F3O2. The molecule has 18 heavy (non-hydrogen) atoms. The number of halogens is 3. The molecule has 5 heteroatoms. The Morgan fingerprint density at radius 3 is 2.22 bits per heavy atom. The van der Waals surface area contributed by atoms with Crippen molar-refractivity contribution in [3.63, 3.8) is 0 Å². The lowest BCUT2D eigenvalue weighted by Gasteiger charge is -2.28. The second kappa shape index (κ2) is 5.18. The van der Waals surface area contributed by atoms with Gasteiger partial charge in [-0.15, -0.1) is 0 Å². The first-order chi connectivity index (χ1) is 8.47. The maximum Gasteiger partial charge on any atom is 0.416 e. The quantitative estimate of drug-likeness (QED) is 0.883. The molecule has 1 aromatic carbocycles. The number of hydrogen-bond acceptors (Lipinski definition) is 2. The summed E-state index contributed by atoms with van der Waals surface area (Å²) in [6, 6.07) is 4.57. The van der Waals surface area contributed by atoms with Crippen molar-refractivity contribution in [2.45, 2.75) is 44.1 Å². The van der Waals surface area contributed by atoms with E-state index in [9.17, 15) is 18.3 Å². The van der Waals surface area contributed by atoms with Crippen LogP contribution in [0.2, 0.25) is 0 Å².